The first-order valence-corrected chi connectivity index (χ1v) is 15.1. The average molecular weight is 631 g/mol. The zero-order valence-electron chi connectivity index (χ0n) is 27.0. The minimum absolute atomic E-state index is 0.242. The molecule has 0 N–H and O–H groups in total. The summed E-state index contributed by atoms with van der Waals surface area (Å²) in [6.07, 6.45) is -0.637. The SMILES string of the molecule is C=C1[C@@H]([C@@]2(C)[C@@H](OC(C)=O)CC(=O)OC(C)(C)[C@@H]2CC(=O)OC)[C@@H](OC(C)=O)[C@H](OC(C)=O)[C@@]2(C)[C@H](c3ccoc3)C[C@H]3O[C@]132. The van der Waals surface area contributed by atoms with Crippen molar-refractivity contribution < 1.29 is 56.8 Å². The van der Waals surface area contributed by atoms with Crippen LogP contribution in [0.5, 0.6) is 0 Å². The minimum Gasteiger partial charge on any atom is -0.472 e. The van der Waals surface area contributed by atoms with Crippen molar-refractivity contribution in [1.82, 2.24) is 0 Å². The zero-order chi connectivity index (χ0) is 33.3. The van der Waals surface area contributed by atoms with Gasteiger partial charge in [0.15, 0.2) is 0 Å². The lowest BCUT2D eigenvalue weighted by Crippen LogP contribution is -2.68. The summed E-state index contributed by atoms with van der Waals surface area (Å²) in [6, 6.07) is 1.84. The number of epoxide rings is 1. The van der Waals surface area contributed by atoms with Crippen molar-refractivity contribution in [3.8, 4) is 0 Å². The van der Waals surface area contributed by atoms with E-state index in [2.05, 4.69) is 6.58 Å². The molecule has 1 aromatic rings. The first-order chi connectivity index (χ1) is 20.9. The monoisotopic (exact) mass is 630 g/mol. The van der Waals surface area contributed by atoms with Crippen LogP contribution < -0.4 is 0 Å². The van der Waals surface area contributed by atoms with Crippen LogP contribution in [0.15, 0.2) is 35.2 Å². The Kier molecular flexibility index (Phi) is 7.99. The smallest absolute Gasteiger partial charge is 0.310 e. The molecule has 5 rings (SSSR count). The predicted octanol–water partition coefficient (Wildman–Crippen LogP) is 3.80. The Bertz CT molecular complexity index is 1410. The van der Waals surface area contributed by atoms with Gasteiger partial charge in [0, 0.05) is 43.9 Å². The second-order valence-corrected chi connectivity index (χ2v) is 13.7. The van der Waals surface area contributed by atoms with Crippen LogP contribution in [-0.2, 0) is 52.4 Å². The van der Waals surface area contributed by atoms with Crippen LogP contribution in [0.2, 0.25) is 0 Å². The number of carbonyl (C=O) groups is 5. The molecule has 0 radical (unpaired) electrons. The van der Waals surface area contributed by atoms with Crippen molar-refractivity contribution in [3.63, 3.8) is 0 Å². The summed E-state index contributed by atoms with van der Waals surface area (Å²) in [5.41, 5.74) is -3.35. The van der Waals surface area contributed by atoms with Gasteiger partial charge < -0.3 is 32.8 Å². The van der Waals surface area contributed by atoms with Crippen LogP contribution in [0.4, 0.5) is 0 Å². The number of ether oxygens (including phenoxy) is 6. The molecule has 0 amide bonds. The fraction of sp³-hybridized carbons (Fsp3) is 0.667. The molecule has 2 saturated heterocycles. The first-order valence-electron chi connectivity index (χ1n) is 15.1. The zero-order valence-corrected chi connectivity index (χ0v) is 27.0. The molecular formula is C33H42O12. The van der Waals surface area contributed by atoms with Crippen molar-refractivity contribution in [3.05, 3.63) is 36.3 Å². The van der Waals surface area contributed by atoms with Crippen LogP contribution in [-0.4, -0.2) is 72.6 Å². The van der Waals surface area contributed by atoms with E-state index < -0.39 is 82.0 Å². The van der Waals surface area contributed by atoms with E-state index in [1.54, 1.807) is 33.3 Å². The van der Waals surface area contributed by atoms with E-state index in [-0.39, 0.29) is 24.9 Å². The van der Waals surface area contributed by atoms with E-state index in [1.165, 1.54) is 27.9 Å². The fourth-order valence-corrected chi connectivity index (χ4v) is 9.21. The molecule has 45 heavy (non-hydrogen) atoms. The molecule has 0 unspecified atom stereocenters. The van der Waals surface area contributed by atoms with E-state index >= 15 is 0 Å². The van der Waals surface area contributed by atoms with E-state index in [1.807, 2.05) is 13.0 Å². The summed E-state index contributed by atoms with van der Waals surface area (Å²) in [7, 11) is 1.25. The first kappa shape index (κ1) is 32.7. The largest absolute Gasteiger partial charge is 0.472 e. The lowest BCUT2D eigenvalue weighted by atomic mass is 9.47. The Balaban J connectivity index is 1.80. The highest BCUT2D eigenvalue weighted by Crippen LogP contribution is 2.76. The normalized spacial score (nSPS) is 39.8. The van der Waals surface area contributed by atoms with E-state index in [0.29, 0.717) is 12.0 Å². The molecule has 0 bridgehead atoms. The number of cyclic esters (lactones) is 1. The van der Waals surface area contributed by atoms with Gasteiger partial charge in [-0.25, -0.2) is 0 Å². The fourth-order valence-electron chi connectivity index (χ4n) is 9.21. The van der Waals surface area contributed by atoms with Gasteiger partial charge in [-0.1, -0.05) is 20.4 Å². The van der Waals surface area contributed by atoms with Gasteiger partial charge in [0.2, 0.25) is 0 Å². The summed E-state index contributed by atoms with van der Waals surface area (Å²) in [5, 5.41) is 0. The van der Waals surface area contributed by atoms with E-state index in [4.69, 9.17) is 32.8 Å². The number of methoxy groups -OCH3 is 1. The van der Waals surface area contributed by atoms with Gasteiger partial charge in [0.25, 0.3) is 0 Å². The Hall–Kier alpha value is -3.67. The molecule has 1 aromatic heterocycles. The lowest BCUT2D eigenvalue weighted by molar-refractivity contribution is -0.221. The molecule has 3 heterocycles. The number of esters is 5. The molecule has 10 atom stereocenters. The molecule has 2 aliphatic heterocycles. The summed E-state index contributed by atoms with van der Waals surface area (Å²) in [4.78, 5) is 64.6. The predicted molar refractivity (Wildman–Crippen MR) is 154 cm³/mol. The molecule has 2 aliphatic carbocycles. The number of carbonyl (C=O) groups excluding carboxylic acids is 5. The maximum absolute atomic E-state index is 13.3. The third-order valence-corrected chi connectivity index (χ3v) is 10.9. The lowest BCUT2D eigenvalue weighted by Gasteiger charge is -2.59. The molecular weight excluding hydrogens is 588 g/mol. The van der Waals surface area contributed by atoms with Crippen molar-refractivity contribution in [2.24, 2.45) is 22.7 Å². The van der Waals surface area contributed by atoms with Crippen LogP contribution in [0.25, 0.3) is 0 Å². The third kappa shape index (κ3) is 4.87. The molecule has 4 aliphatic rings. The maximum Gasteiger partial charge on any atom is 0.310 e. The van der Waals surface area contributed by atoms with Crippen LogP contribution in [0.1, 0.15) is 79.2 Å². The Labute approximate surface area is 262 Å². The number of hydrogen-bond donors (Lipinski definition) is 0. The quantitative estimate of drug-likeness (QED) is 0.186. The van der Waals surface area contributed by atoms with Crippen LogP contribution in [0, 0.1) is 22.7 Å². The Morgan fingerprint density at radius 3 is 2.20 bits per heavy atom. The highest BCUT2D eigenvalue weighted by Gasteiger charge is 2.84. The van der Waals surface area contributed by atoms with Gasteiger partial charge in [-0.05, 0) is 37.5 Å². The van der Waals surface area contributed by atoms with Gasteiger partial charge in [-0.3, -0.25) is 24.0 Å². The molecule has 246 valence electrons. The molecule has 12 nitrogen and oxygen atoms in total. The third-order valence-electron chi connectivity index (χ3n) is 10.9. The summed E-state index contributed by atoms with van der Waals surface area (Å²) in [5.74, 6) is -5.23. The molecule has 2 saturated carbocycles. The van der Waals surface area contributed by atoms with Gasteiger partial charge >= 0.3 is 29.8 Å². The molecule has 0 aromatic carbocycles. The Morgan fingerprint density at radius 2 is 1.64 bits per heavy atom. The minimum atomic E-state index is -1.38. The van der Waals surface area contributed by atoms with Crippen molar-refractivity contribution >= 4 is 29.8 Å². The van der Waals surface area contributed by atoms with Gasteiger partial charge in [0.05, 0.1) is 44.0 Å². The van der Waals surface area contributed by atoms with Crippen LogP contribution in [0.3, 0.4) is 0 Å². The van der Waals surface area contributed by atoms with Crippen molar-refractivity contribution in [2.45, 2.75) is 109 Å². The van der Waals surface area contributed by atoms with Crippen molar-refractivity contribution in [2.75, 3.05) is 7.11 Å². The summed E-state index contributed by atoms with van der Waals surface area (Å²) < 4.78 is 41.1. The van der Waals surface area contributed by atoms with Crippen molar-refractivity contribution in [1.29, 1.82) is 0 Å². The summed E-state index contributed by atoms with van der Waals surface area (Å²) >= 11 is 0. The van der Waals surface area contributed by atoms with E-state index in [9.17, 15) is 24.0 Å². The second kappa shape index (κ2) is 11.0. The second-order valence-electron chi connectivity index (χ2n) is 13.7. The van der Waals surface area contributed by atoms with Gasteiger partial charge in [-0.2, -0.15) is 0 Å². The van der Waals surface area contributed by atoms with E-state index in [0.717, 1.165) is 5.56 Å². The topological polar surface area (TPSA) is 157 Å². The number of furan rings is 1. The molecule has 4 fully saturated rings. The van der Waals surface area contributed by atoms with Crippen LogP contribution >= 0.6 is 0 Å². The molecule has 1 spiro atoms. The standard InChI is InChI=1S/C33H42O12/c1-16-27(31(7)22(13-25(37)39-9)30(5,6)45-26(38)14-23(31)41-17(2)34)28(42-18(3)35)29(43-19(4)36)32(8)21(20-10-11-40-15-20)12-24-33(16,32)44-24/h10-11,15,21-24,27-29H,1,12-14H2,2-9H3/t21-,22-,23-,24+,27+,28+,29-,31+,32+,33+/m0/s1. The average Bonchev–Trinajstić information content (AvgIpc) is 3.29. The van der Waals surface area contributed by atoms with Gasteiger partial charge in [0.1, 0.15) is 29.5 Å². The number of hydrogen-bond acceptors (Lipinski definition) is 12. The number of rotatable bonds is 7. The highest BCUT2D eigenvalue weighted by atomic mass is 16.6. The molecule has 12 heteroatoms. The summed E-state index contributed by atoms with van der Waals surface area (Å²) in [6.45, 7) is 15.4. The Morgan fingerprint density at radius 1 is 1.00 bits per heavy atom. The highest BCUT2D eigenvalue weighted by molar-refractivity contribution is 5.74. The van der Waals surface area contributed by atoms with Gasteiger partial charge in [-0.15, -0.1) is 0 Å². The maximum atomic E-state index is 13.3.